The summed E-state index contributed by atoms with van der Waals surface area (Å²) in [4.78, 5) is 25.1. The van der Waals surface area contributed by atoms with Crippen LogP contribution < -0.4 is 18.9 Å². The molecule has 0 fully saturated rings. The van der Waals surface area contributed by atoms with Gasteiger partial charge in [0.2, 0.25) is 0 Å². The molecule has 190 valence electrons. The van der Waals surface area contributed by atoms with Crippen molar-refractivity contribution in [2.75, 3.05) is 13.2 Å². The largest absolute Gasteiger partial charge is 0.481 e. The van der Waals surface area contributed by atoms with Crippen LogP contribution in [0.3, 0.4) is 0 Å². The highest BCUT2D eigenvalue weighted by atomic mass is 16.6. The second-order valence-corrected chi connectivity index (χ2v) is 8.55. The number of rotatable bonds is 9. The zero-order valence-electron chi connectivity index (χ0n) is 20.9. The summed E-state index contributed by atoms with van der Waals surface area (Å²) < 4.78 is 23.1. The Morgan fingerprint density at radius 3 is 1.58 bits per heavy atom. The third kappa shape index (κ3) is 5.44. The Labute approximate surface area is 220 Å². The van der Waals surface area contributed by atoms with E-state index in [2.05, 4.69) is 6.92 Å². The summed E-state index contributed by atoms with van der Waals surface area (Å²) in [5, 5.41) is 3.13. The third-order valence-corrected chi connectivity index (χ3v) is 6.04. The minimum absolute atomic E-state index is 0.268. The van der Waals surface area contributed by atoms with Crippen molar-refractivity contribution in [1.29, 1.82) is 0 Å². The van der Waals surface area contributed by atoms with Gasteiger partial charge in [-0.25, -0.2) is 9.59 Å². The Morgan fingerprint density at radius 1 is 0.553 bits per heavy atom. The smallest absolute Gasteiger partial charge is 0.349 e. The summed E-state index contributed by atoms with van der Waals surface area (Å²) in [7, 11) is 0. The lowest BCUT2D eigenvalue weighted by Crippen LogP contribution is -2.19. The van der Waals surface area contributed by atoms with Crippen LogP contribution in [0.25, 0.3) is 21.5 Å². The van der Waals surface area contributed by atoms with Crippen LogP contribution in [0.15, 0.2) is 103 Å². The minimum Gasteiger partial charge on any atom is -0.481 e. The molecule has 0 N–H and O–H groups in total. The molecule has 6 heteroatoms. The second-order valence-electron chi connectivity index (χ2n) is 8.55. The molecule has 0 aliphatic rings. The van der Waals surface area contributed by atoms with E-state index in [-0.39, 0.29) is 13.2 Å². The maximum absolute atomic E-state index is 12.6. The molecule has 5 rings (SSSR count). The van der Waals surface area contributed by atoms with Gasteiger partial charge in [0.1, 0.15) is 23.0 Å². The number of esters is 2. The van der Waals surface area contributed by atoms with Crippen molar-refractivity contribution >= 4 is 33.5 Å². The van der Waals surface area contributed by atoms with Gasteiger partial charge in [-0.15, -0.1) is 0 Å². The standard InChI is InChI=1S/C32H26O6/c1-2-22-12-11-19-27-30(22)32(36-21-29(34)38-24-15-7-4-8-16-24)26-18-10-9-17-25(26)31(27)35-20-28(33)37-23-13-5-3-6-14-23/h3-19H,2,20-21H2,1H3. The lowest BCUT2D eigenvalue weighted by Gasteiger charge is -2.19. The van der Waals surface area contributed by atoms with Gasteiger partial charge in [0.15, 0.2) is 13.2 Å². The van der Waals surface area contributed by atoms with Crippen molar-refractivity contribution in [3.63, 3.8) is 0 Å². The van der Waals surface area contributed by atoms with Gasteiger partial charge in [-0.05, 0) is 36.2 Å². The van der Waals surface area contributed by atoms with Crippen LogP contribution >= 0.6 is 0 Å². The fraction of sp³-hybridized carbons (Fsp3) is 0.125. The summed E-state index contributed by atoms with van der Waals surface area (Å²) in [6, 6.07) is 31.2. The topological polar surface area (TPSA) is 71.1 Å². The molecule has 38 heavy (non-hydrogen) atoms. The molecule has 5 aromatic carbocycles. The van der Waals surface area contributed by atoms with Gasteiger partial charge in [-0.2, -0.15) is 0 Å². The van der Waals surface area contributed by atoms with Gasteiger partial charge in [-0.3, -0.25) is 0 Å². The molecule has 0 aromatic heterocycles. The summed E-state index contributed by atoms with van der Waals surface area (Å²) in [5.74, 6) is 1.01. The first kappa shape index (κ1) is 24.8. The van der Waals surface area contributed by atoms with Gasteiger partial charge in [0, 0.05) is 21.5 Å². The highest BCUT2D eigenvalue weighted by molar-refractivity contribution is 6.12. The quantitative estimate of drug-likeness (QED) is 0.129. The van der Waals surface area contributed by atoms with E-state index in [1.807, 2.05) is 54.6 Å². The Hall–Kier alpha value is -4.84. The molecule has 0 spiro atoms. The molecule has 0 atom stereocenters. The van der Waals surface area contributed by atoms with Gasteiger partial charge in [-0.1, -0.05) is 85.8 Å². The van der Waals surface area contributed by atoms with Gasteiger partial charge in [0.25, 0.3) is 0 Å². The van der Waals surface area contributed by atoms with E-state index in [4.69, 9.17) is 18.9 Å². The van der Waals surface area contributed by atoms with Crippen LogP contribution in [0.4, 0.5) is 0 Å². The van der Waals surface area contributed by atoms with Crippen molar-refractivity contribution in [3.05, 3.63) is 109 Å². The zero-order valence-corrected chi connectivity index (χ0v) is 20.9. The monoisotopic (exact) mass is 506 g/mol. The number of benzene rings is 5. The molecule has 0 aliphatic heterocycles. The lowest BCUT2D eigenvalue weighted by molar-refractivity contribution is -0.137. The first-order valence-corrected chi connectivity index (χ1v) is 12.4. The normalized spacial score (nSPS) is 10.8. The van der Waals surface area contributed by atoms with E-state index in [0.717, 1.165) is 33.5 Å². The molecule has 0 radical (unpaired) electrons. The summed E-state index contributed by atoms with van der Waals surface area (Å²) in [5.41, 5.74) is 1.02. The van der Waals surface area contributed by atoms with E-state index in [1.165, 1.54) is 0 Å². The third-order valence-electron chi connectivity index (χ3n) is 6.04. The first-order valence-electron chi connectivity index (χ1n) is 12.4. The molecular formula is C32H26O6. The number of carbonyl (C=O) groups excluding carboxylic acids is 2. The van der Waals surface area contributed by atoms with Gasteiger partial charge < -0.3 is 18.9 Å². The Bertz CT molecular complexity index is 1580. The van der Waals surface area contributed by atoms with Crippen molar-refractivity contribution in [3.8, 4) is 23.0 Å². The zero-order chi connectivity index (χ0) is 26.3. The van der Waals surface area contributed by atoms with Crippen LogP contribution in [0, 0.1) is 0 Å². The maximum atomic E-state index is 12.6. The highest BCUT2D eigenvalue weighted by Crippen LogP contribution is 2.44. The molecule has 0 heterocycles. The highest BCUT2D eigenvalue weighted by Gasteiger charge is 2.20. The van der Waals surface area contributed by atoms with Crippen molar-refractivity contribution < 1.29 is 28.5 Å². The van der Waals surface area contributed by atoms with E-state index in [0.29, 0.717) is 23.0 Å². The van der Waals surface area contributed by atoms with Crippen LogP contribution in [-0.4, -0.2) is 25.2 Å². The average molecular weight is 507 g/mol. The predicted molar refractivity (Wildman–Crippen MR) is 146 cm³/mol. The van der Waals surface area contributed by atoms with Crippen molar-refractivity contribution in [1.82, 2.24) is 0 Å². The van der Waals surface area contributed by atoms with E-state index < -0.39 is 11.9 Å². The molecule has 5 aromatic rings. The molecule has 0 amide bonds. The fourth-order valence-corrected chi connectivity index (χ4v) is 4.38. The number of fused-ring (bicyclic) bond motifs is 2. The number of ether oxygens (including phenoxy) is 4. The van der Waals surface area contributed by atoms with E-state index in [9.17, 15) is 9.59 Å². The minimum atomic E-state index is -0.510. The molecule has 0 unspecified atom stereocenters. The van der Waals surface area contributed by atoms with Crippen LogP contribution in [0.1, 0.15) is 12.5 Å². The number of para-hydroxylation sites is 2. The van der Waals surface area contributed by atoms with E-state index in [1.54, 1.807) is 48.5 Å². The van der Waals surface area contributed by atoms with Gasteiger partial charge >= 0.3 is 11.9 Å². The Kier molecular flexibility index (Phi) is 7.50. The first-order chi connectivity index (χ1) is 18.6. The predicted octanol–water partition coefficient (Wildman–Crippen LogP) is 6.52. The molecule has 6 nitrogen and oxygen atoms in total. The molecule has 0 bridgehead atoms. The lowest BCUT2D eigenvalue weighted by atomic mass is 9.96. The number of hydrogen-bond acceptors (Lipinski definition) is 6. The molecule has 0 saturated heterocycles. The van der Waals surface area contributed by atoms with Crippen LogP contribution in [-0.2, 0) is 16.0 Å². The number of aryl methyl sites for hydroxylation is 1. The van der Waals surface area contributed by atoms with Crippen molar-refractivity contribution in [2.24, 2.45) is 0 Å². The average Bonchev–Trinajstić information content (AvgIpc) is 2.95. The fourth-order valence-electron chi connectivity index (χ4n) is 4.38. The molecule has 0 saturated carbocycles. The Balaban J connectivity index is 1.48. The van der Waals surface area contributed by atoms with E-state index >= 15 is 0 Å². The summed E-state index contributed by atoms with van der Waals surface area (Å²) in [6.45, 7) is 1.51. The van der Waals surface area contributed by atoms with Crippen LogP contribution in [0.5, 0.6) is 23.0 Å². The molecular weight excluding hydrogens is 480 g/mol. The Morgan fingerprint density at radius 2 is 1.03 bits per heavy atom. The maximum Gasteiger partial charge on any atom is 0.349 e. The summed E-state index contributed by atoms with van der Waals surface area (Å²) >= 11 is 0. The SMILES string of the molecule is CCc1cccc2c(OCC(=O)Oc3ccccc3)c3ccccc3c(OCC(=O)Oc3ccccc3)c12. The second kappa shape index (κ2) is 11.5. The number of carbonyl (C=O) groups is 2. The molecule has 0 aliphatic carbocycles. The van der Waals surface area contributed by atoms with Crippen LogP contribution in [0.2, 0.25) is 0 Å². The van der Waals surface area contributed by atoms with Gasteiger partial charge in [0.05, 0.1) is 0 Å². The summed E-state index contributed by atoms with van der Waals surface area (Å²) in [6.07, 6.45) is 0.732. The van der Waals surface area contributed by atoms with Crippen molar-refractivity contribution in [2.45, 2.75) is 13.3 Å². The number of hydrogen-bond donors (Lipinski definition) is 0.